The van der Waals surface area contributed by atoms with Crippen LogP contribution in [-0.2, 0) is 6.54 Å². The molecule has 2 N–H and O–H groups in total. The SMILES string of the molecule is CCNc1ccc(Cl)c(CN(C)C(C)CO)n1. The van der Waals surface area contributed by atoms with Gasteiger partial charge in [0.2, 0.25) is 0 Å². The van der Waals surface area contributed by atoms with Gasteiger partial charge in [0, 0.05) is 19.1 Å². The van der Waals surface area contributed by atoms with E-state index in [4.69, 9.17) is 16.7 Å². The Kier molecular flexibility index (Phi) is 5.68. The smallest absolute Gasteiger partial charge is 0.126 e. The first-order chi connectivity index (χ1) is 8.08. The van der Waals surface area contributed by atoms with Crippen LogP contribution in [0.3, 0.4) is 0 Å². The number of likely N-dealkylation sites (N-methyl/N-ethyl adjacent to an activating group) is 1. The van der Waals surface area contributed by atoms with Crippen LogP contribution in [-0.4, -0.2) is 41.2 Å². The van der Waals surface area contributed by atoms with E-state index in [9.17, 15) is 0 Å². The van der Waals surface area contributed by atoms with E-state index in [0.717, 1.165) is 18.1 Å². The van der Waals surface area contributed by atoms with E-state index in [2.05, 4.69) is 10.3 Å². The molecule has 17 heavy (non-hydrogen) atoms. The Labute approximate surface area is 108 Å². The molecule has 1 aromatic heterocycles. The molecule has 0 aromatic carbocycles. The Balaban J connectivity index is 2.78. The third kappa shape index (κ3) is 4.15. The van der Waals surface area contributed by atoms with Crippen LogP contribution in [0.15, 0.2) is 12.1 Å². The fourth-order valence-electron chi connectivity index (χ4n) is 1.41. The molecular weight excluding hydrogens is 238 g/mol. The summed E-state index contributed by atoms with van der Waals surface area (Å²) in [5.74, 6) is 0.831. The normalized spacial score (nSPS) is 12.8. The number of hydrogen-bond acceptors (Lipinski definition) is 4. The highest BCUT2D eigenvalue weighted by molar-refractivity contribution is 6.31. The molecule has 0 aliphatic heterocycles. The first kappa shape index (κ1) is 14.2. The topological polar surface area (TPSA) is 48.4 Å². The number of pyridine rings is 1. The van der Waals surface area contributed by atoms with Crippen LogP contribution in [0.2, 0.25) is 5.02 Å². The minimum atomic E-state index is 0.0932. The fourth-order valence-corrected chi connectivity index (χ4v) is 1.57. The molecule has 0 aliphatic rings. The maximum atomic E-state index is 9.08. The van der Waals surface area contributed by atoms with Crippen LogP contribution < -0.4 is 5.32 Å². The second kappa shape index (κ2) is 6.79. The number of aliphatic hydroxyl groups is 1. The number of aromatic nitrogens is 1. The number of nitrogens with one attached hydrogen (secondary N) is 1. The van der Waals surface area contributed by atoms with Gasteiger partial charge in [-0.05, 0) is 33.0 Å². The molecule has 5 heteroatoms. The minimum Gasteiger partial charge on any atom is -0.395 e. The molecule has 0 saturated heterocycles. The third-order valence-corrected chi connectivity index (χ3v) is 3.04. The number of halogens is 1. The number of nitrogens with zero attached hydrogens (tertiary/aromatic N) is 2. The predicted octanol–water partition coefficient (Wildman–Crippen LogP) is 1.98. The molecule has 0 fully saturated rings. The zero-order valence-electron chi connectivity index (χ0n) is 10.6. The van der Waals surface area contributed by atoms with Crippen molar-refractivity contribution in [2.24, 2.45) is 0 Å². The van der Waals surface area contributed by atoms with Crippen molar-refractivity contribution in [3.63, 3.8) is 0 Å². The molecule has 0 aliphatic carbocycles. The van der Waals surface area contributed by atoms with E-state index < -0.39 is 0 Å². The van der Waals surface area contributed by atoms with Crippen molar-refractivity contribution in [1.29, 1.82) is 0 Å². The van der Waals surface area contributed by atoms with E-state index in [1.165, 1.54) is 0 Å². The highest BCUT2D eigenvalue weighted by Gasteiger charge is 2.11. The van der Waals surface area contributed by atoms with Gasteiger partial charge in [0.1, 0.15) is 5.82 Å². The van der Waals surface area contributed by atoms with E-state index >= 15 is 0 Å². The monoisotopic (exact) mass is 257 g/mol. The molecule has 0 saturated carbocycles. The molecule has 0 spiro atoms. The van der Waals surface area contributed by atoms with Crippen LogP contribution in [0.5, 0.6) is 0 Å². The van der Waals surface area contributed by atoms with Crippen molar-refractivity contribution in [1.82, 2.24) is 9.88 Å². The number of rotatable bonds is 6. The van der Waals surface area contributed by atoms with Gasteiger partial charge in [-0.25, -0.2) is 4.98 Å². The van der Waals surface area contributed by atoms with Crippen molar-refractivity contribution in [3.05, 3.63) is 22.8 Å². The summed E-state index contributed by atoms with van der Waals surface area (Å²) in [6.45, 7) is 5.57. The van der Waals surface area contributed by atoms with Crippen LogP contribution in [0.4, 0.5) is 5.82 Å². The molecule has 4 nitrogen and oxygen atoms in total. The van der Waals surface area contributed by atoms with Crippen molar-refractivity contribution in [3.8, 4) is 0 Å². The molecule has 96 valence electrons. The van der Waals surface area contributed by atoms with Gasteiger partial charge in [-0.15, -0.1) is 0 Å². The summed E-state index contributed by atoms with van der Waals surface area (Å²) in [7, 11) is 1.94. The average molecular weight is 258 g/mol. The van der Waals surface area contributed by atoms with Crippen LogP contribution >= 0.6 is 11.6 Å². The average Bonchev–Trinajstić information content (AvgIpc) is 2.32. The predicted molar refractivity (Wildman–Crippen MR) is 71.4 cm³/mol. The van der Waals surface area contributed by atoms with Crippen molar-refractivity contribution < 1.29 is 5.11 Å². The van der Waals surface area contributed by atoms with Gasteiger partial charge < -0.3 is 10.4 Å². The van der Waals surface area contributed by atoms with Gasteiger partial charge in [0.25, 0.3) is 0 Å². The fraction of sp³-hybridized carbons (Fsp3) is 0.583. The second-order valence-corrected chi connectivity index (χ2v) is 4.51. The lowest BCUT2D eigenvalue weighted by molar-refractivity contribution is 0.153. The Morgan fingerprint density at radius 2 is 2.24 bits per heavy atom. The zero-order valence-corrected chi connectivity index (χ0v) is 11.3. The maximum Gasteiger partial charge on any atom is 0.126 e. The molecular formula is C12H20ClN3O. The van der Waals surface area contributed by atoms with E-state index in [1.54, 1.807) is 0 Å². The first-order valence-corrected chi connectivity index (χ1v) is 6.16. The molecule has 0 bridgehead atoms. The Morgan fingerprint density at radius 3 is 2.82 bits per heavy atom. The number of aliphatic hydroxyl groups excluding tert-OH is 1. The lowest BCUT2D eigenvalue weighted by atomic mass is 10.2. The standard InChI is InChI=1S/C12H20ClN3O/c1-4-14-12-6-5-10(13)11(15-12)7-16(3)9(2)8-17/h5-6,9,17H,4,7-8H2,1-3H3,(H,14,15). The molecule has 1 unspecified atom stereocenters. The summed E-state index contributed by atoms with van der Waals surface area (Å²) in [5, 5.41) is 12.9. The zero-order chi connectivity index (χ0) is 12.8. The molecule has 1 aromatic rings. The summed E-state index contributed by atoms with van der Waals surface area (Å²) < 4.78 is 0. The Morgan fingerprint density at radius 1 is 1.53 bits per heavy atom. The van der Waals surface area contributed by atoms with E-state index in [1.807, 2.05) is 37.9 Å². The summed E-state index contributed by atoms with van der Waals surface area (Å²) in [5.41, 5.74) is 0.827. The van der Waals surface area contributed by atoms with Gasteiger partial charge in [-0.2, -0.15) is 0 Å². The van der Waals surface area contributed by atoms with E-state index in [-0.39, 0.29) is 12.6 Å². The summed E-state index contributed by atoms with van der Waals surface area (Å²) in [6, 6.07) is 3.81. The molecule has 1 atom stereocenters. The van der Waals surface area contributed by atoms with Gasteiger partial charge in [0.15, 0.2) is 0 Å². The van der Waals surface area contributed by atoms with Crippen molar-refractivity contribution >= 4 is 17.4 Å². The molecule has 1 rings (SSSR count). The van der Waals surface area contributed by atoms with Crippen LogP contribution in [0.1, 0.15) is 19.5 Å². The first-order valence-electron chi connectivity index (χ1n) is 5.78. The molecule has 0 amide bonds. The summed E-state index contributed by atoms with van der Waals surface area (Å²) in [6.07, 6.45) is 0. The number of hydrogen-bond donors (Lipinski definition) is 2. The summed E-state index contributed by atoms with van der Waals surface area (Å²) in [4.78, 5) is 6.47. The summed E-state index contributed by atoms with van der Waals surface area (Å²) >= 11 is 6.11. The lowest BCUT2D eigenvalue weighted by Crippen LogP contribution is -2.31. The largest absolute Gasteiger partial charge is 0.395 e. The van der Waals surface area contributed by atoms with Crippen LogP contribution in [0.25, 0.3) is 0 Å². The number of anilines is 1. The van der Waals surface area contributed by atoms with Crippen molar-refractivity contribution in [2.75, 3.05) is 25.5 Å². The van der Waals surface area contributed by atoms with Gasteiger partial charge in [-0.3, -0.25) is 4.90 Å². The van der Waals surface area contributed by atoms with E-state index in [0.29, 0.717) is 11.6 Å². The van der Waals surface area contributed by atoms with Crippen LogP contribution in [0, 0.1) is 0 Å². The Bertz CT molecular complexity index is 360. The van der Waals surface area contributed by atoms with Crippen molar-refractivity contribution in [2.45, 2.75) is 26.4 Å². The minimum absolute atomic E-state index is 0.0932. The highest BCUT2D eigenvalue weighted by atomic mass is 35.5. The maximum absolute atomic E-state index is 9.08. The van der Waals surface area contributed by atoms with Gasteiger partial charge in [0.05, 0.1) is 17.3 Å². The molecule has 1 heterocycles. The third-order valence-electron chi connectivity index (χ3n) is 2.69. The molecule has 0 radical (unpaired) electrons. The van der Waals surface area contributed by atoms with Gasteiger partial charge >= 0.3 is 0 Å². The quantitative estimate of drug-likeness (QED) is 0.818. The Hall–Kier alpha value is -0.840. The highest BCUT2D eigenvalue weighted by Crippen LogP contribution is 2.18. The second-order valence-electron chi connectivity index (χ2n) is 4.10. The lowest BCUT2D eigenvalue weighted by Gasteiger charge is -2.22. The van der Waals surface area contributed by atoms with Gasteiger partial charge in [-0.1, -0.05) is 11.6 Å².